The SMILES string of the molecule is Nc1cccc(SCCS(=O)(=O)N2CCS(=O)(=O)CC2)c1. The van der Waals surface area contributed by atoms with E-state index in [1.54, 1.807) is 12.1 Å². The van der Waals surface area contributed by atoms with Crippen LogP contribution >= 0.6 is 11.8 Å². The average Bonchev–Trinajstić information content (AvgIpc) is 2.38. The molecule has 2 N–H and O–H groups in total. The van der Waals surface area contributed by atoms with Crippen LogP contribution in [0.1, 0.15) is 0 Å². The summed E-state index contributed by atoms with van der Waals surface area (Å²) >= 11 is 1.42. The maximum absolute atomic E-state index is 12.1. The zero-order valence-electron chi connectivity index (χ0n) is 11.4. The van der Waals surface area contributed by atoms with Crippen LogP contribution in [0.5, 0.6) is 0 Å². The first-order valence-electron chi connectivity index (χ1n) is 6.45. The Labute approximate surface area is 129 Å². The second-order valence-electron chi connectivity index (χ2n) is 4.79. The number of sulfonamides is 1. The zero-order valence-corrected chi connectivity index (χ0v) is 13.9. The van der Waals surface area contributed by atoms with Crippen molar-refractivity contribution in [2.75, 3.05) is 41.8 Å². The van der Waals surface area contributed by atoms with Gasteiger partial charge in [-0.15, -0.1) is 11.8 Å². The number of nitrogen functional groups attached to an aromatic ring is 1. The fraction of sp³-hybridized carbons (Fsp3) is 0.500. The van der Waals surface area contributed by atoms with Gasteiger partial charge in [0, 0.05) is 29.4 Å². The summed E-state index contributed by atoms with van der Waals surface area (Å²) < 4.78 is 48.2. The van der Waals surface area contributed by atoms with Crippen molar-refractivity contribution in [2.24, 2.45) is 0 Å². The van der Waals surface area contributed by atoms with Crippen molar-refractivity contribution in [3.05, 3.63) is 24.3 Å². The predicted octanol–water partition coefficient (Wildman–Crippen LogP) is 0.421. The Hall–Kier alpha value is -0.770. The van der Waals surface area contributed by atoms with Crippen LogP contribution < -0.4 is 5.73 Å². The molecule has 21 heavy (non-hydrogen) atoms. The number of rotatable bonds is 5. The minimum atomic E-state index is -3.40. The lowest BCUT2D eigenvalue weighted by molar-refractivity contribution is 0.432. The molecular weight excluding hydrogens is 332 g/mol. The smallest absolute Gasteiger partial charge is 0.214 e. The van der Waals surface area contributed by atoms with Crippen LogP contribution in [-0.2, 0) is 19.9 Å². The molecule has 0 amide bonds. The summed E-state index contributed by atoms with van der Waals surface area (Å²) in [5.74, 6) is 0.227. The zero-order chi connectivity index (χ0) is 15.5. The van der Waals surface area contributed by atoms with E-state index in [0.29, 0.717) is 11.4 Å². The Morgan fingerprint density at radius 2 is 1.90 bits per heavy atom. The quantitative estimate of drug-likeness (QED) is 0.610. The number of anilines is 1. The molecule has 1 heterocycles. The second kappa shape index (κ2) is 6.55. The van der Waals surface area contributed by atoms with Crippen molar-refractivity contribution in [3.63, 3.8) is 0 Å². The van der Waals surface area contributed by atoms with Gasteiger partial charge in [-0.2, -0.15) is 4.31 Å². The van der Waals surface area contributed by atoms with Crippen LogP contribution in [0.15, 0.2) is 29.2 Å². The summed E-state index contributed by atoms with van der Waals surface area (Å²) in [6.45, 7) is 0.126. The first-order valence-corrected chi connectivity index (χ1v) is 10.9. The van der Waals surface area contributed by atoms with E-state index < -0.39 is 19.9 Å². The number of benzene rings is 1. The fourth-order valence-corrected chi connectivity index (χ4v) is 6.21. The normalized spacial score (nSPS) is 19.4. The van der Waals surface area contributed by atoms with E-state index in [1.165, 1.54) is 16.1 Å². The first-order chi connectivity index (χ1) is 9.78. The van der Waals surface area contributed by atoms with Gasteiger partial charge < -0.3 is 5.73 Å². The van der Waals surface area contributed by atoms with Crippen LogP contribution in [-0.4, -0.2) is 57.2 Å². The lowest BCUT2D eigenvalue weighted by Gasteiger charge is -2.25. The van der Waals surface area contributed by atoms with Gasteiger partial charge in [-0.05, 0) is 18.2 Å². The third kappa shape index (κ3) is 4.87. The Balaban J connectivity index is 1.87. The number of nitrogens with two attached hydrogens (primary N) is 1. The molecule has 0 saturated carbocycles. The molecule has 6 nitrogen and oxygen atoms in total. The molecule has 1 aliphatic rings. The molecule has 1 saturated heterocycles. The maximum Gasteiger partial charge on any atom is 0.214 e. The lowest BCUT2D eigenvalue weighted by Crippen LogP contribution is -2.44. The molecule has 0 aliphatic carbocycles. The number of nitrogens with zero attached hydrogens (tertiary/aromatic N) is 1. The van der Waals surface area contributed by atoms with Gasteiger partial charge in [0.1, 0.15) is 0 Å². The molecule has 1 aromatic rings. The van der Waals surface area contributed by atoms with Crippen molar-refractivity contribution < 1.29 is 16.8 Å². The predicted molar refractivity (Wildman–Crippen MR) is 85.6 cm³/mol. The van der Waals surface area contributed by atoms with E-state index in [1.807, 2.05) is 12.1 Å². The molecule has 2 rings (SSSR count). The molecule has 0 unspecified atom stereocenters. The Bertz CT molecular complexity index is 687. The molecule has 0 atom stereocenters. The summed E-state index contributed by atoms with van der Waals surface area (Å²) in [6, 6.07) is 7.27. The van der Waals surface area contributed by atoms with Gasteiger partial charge >= 0.3 is 0 Å². The highest BCUT2D eigenvalue weighted by atomic mass is 32.2. The van der Waals surface area contributed by atoms with Crippen molar-refractivity contribution in [3.8, 4) is 0 Å². The van der Waals surface area contributed by atoms with Gasteiger partial charge in [0.25, 0.3) is 0 Å². The standard InChI is InChI=1S/C12H18N2O4S3/c13-11-2-1-3-12(10-11)19-6-9-21(17,18)14-4-7-20(15,16)8-5-14/h1-3,10H,4-9,13H2. The highest BCUT2D eigenvalue weighted by Gasteiger charge is 2.29. The summed E-state index contributed by atoms with van der Waals surface area (Å²) in [5, 5.41) is 0. The minimum Gasteiger partial charge on any atom is -0.399 e. The van der Waals surface area contributed by atoms with Crippen molar-refractivity contribution in [1.29, 1.82) is 0 Å². The highest BCUT2D eigenvalue weighted by molar-refractivity contribution is 8.00. The Morgan fingerprint density at radius 3 is 2.52 bits per heavy atom. The first kappa shape index (κ1) is 16.6. The number of hydrogen-bond donors (Lipinski definition) is 1. The topological polar surface area (TPSA) is 97.5 Å². The van der Waals surface area contributed by atoms with Crippen LogP contribution in [0.25, 0.3) is 0 Å². The third-order valence-corrected chi connectivity index (χ3v) is 7.90. The highest BCUT2D eigenvalue weighted by Crippen LogP contribution is 2.21. The fourth-order valence-electron chi connectivity index (χ4n) is 1.97. The van der Waals surface area contributed by atoms with Gasteiger partial charge in [0.05, 0.1) is 17.3 Å². The molecule has 0 aromatic heterocycles. The van der Waals surface area contributed by atoms with Crippen LogP contribution in [0.3, 0.4) is 0 Å². The van der Waals surface area contributed by atoms with Crippen LogP contribution in [0.2, 0.25) is 0 Å². The maximum atomic E-state index is 12.1. The number of thioether (sulfide) groups is 1. The monoisotopic (exact) mass is 350 g/mol. The van der Waals surface area contributed by atoms with Crippen molar-refractivity contribution in [2.45, 2.75) is 4.90 Å². The van der Waals surface area contributed by atoms with Crippen LogP contribution in [0, 0.1) is 0 Å². The molecule has 1 fully saturated rings. The minimum absolute atomic E-state index is 0.00743. The molecule has 1 aliphatic heterocycles. The molecule has 0 bridgehead atoms. The molecular formula is C12H18N2O4S3. The van der Waals surface area contributed by atoms with E-state index in [9.17, 15) is 16.8 Å². The van der Waals surface area contributed by atoms with Crippen molar-refractivity contribution >= 4 is 37.3 Å². The third-order valence-electron chi connectivity index (χ3n) is 3.16. The molecule has 118 valence electrons. The largest absolute Gasteiger partial charge is 0.399 e. The second-order valence-corrected chi connectivity index (χ2v) is 10.3. The van der Waals surface area contributed by atoms with Crippen molar-refractivity contribution in [1.82, 2.24) is 4.31 Å². The lowest BCUT2D eigenvalue weighted by atomic mass is 10.3. The summed E-state index contributed by atoms with van der Waals surface area (Å²) in [4.78, 5) is 0.923. The Kier molecular flexibility index (Phi) is 5.18. The van der Waals surface area contributed by atoms with E-state index >= 15 is 0 Å². The molecule has 9 heteroatoms. The van der Waals surface area contributed by atoms with Crippen LogP contribution in [0.4, 0.5) is 5.69 Å². The summed E-state index contributed by atoms with van der Waals surface area (Å²) in [6.07, 6.45) is 0. The molecule has 0 spiro atoms. The van der Waals surface area contributed by atoms with E-state index in [-0.39, 0.29) is 30.3 Å². The van der Waals surface area contributed by atoms with E-state index in [2.05, 4.69) is 0 Å². The Morgan fingerprint density at radius 1 is 1.24 bits per heavy atom. The van der Waals surface area contributed by atoms with Gasteiger partial charge in [0.2, 0.25) is 10.0 Å². The van der Waals surface area contributed by atoms with Gasteiger partial charge in [-0.3, -0.25) is 0 Å². The summed E-state index contributed by atoms with van der Waals surface area (Å²) in [7, 11) is -6.47. The average molecular weight is 350 g/mol. The van der Waals surface area contributed by atoms with Gasteiger partial charge in [-0.25, -0.2) is 16.8 Å². The van der Waals surface area contributed by atoms with E-state index in [4.69, 9.17) is 5.73 Å². The molecule has 0 radical (unpaired) electrons. The molecule has 1 aromatic carbocycles. The van der Waals surface area contributed by atoms with E-state index in [0.717, 1.165) is 4.90 Å². The number of sulfone groups is 1. The van der Waals surface area contributed by atoms with Gasteiger partial charge in [-0.1, -0.05) is 6.07 Å². The van der Waals surface area contributed by atoms with Gasteiger partial charge in [0.15, 0.2) is 9.84 Å². The number of hydrogen-bond acceptors (Lipinski definition) is 6. The summed E-state index contributed by atoms with van der Waals surface area (Å²) in [5.41, 5.74) is 6.30.